The Bertz CT molecular complexity index is 5.90. The van der Waals surface area contributed by atoms with Crippen LogP contribution < -0.4 is 0 Å². The normalized spacial score (nSPS) is 5.00. The van der Waals surface area contributed by atoms with Crippen LogP contribution in [-0.4, -0.2) is 23.1 Å². The van der Waals surface area contributed by atoms with Gasteiger partial charge < -0.3 is 14.4 Å². The van der Waals surface area contributed by atoms with Crippen LogP contribution in [0.1, 0.15) is 19.8 Å². The minimum atomic E-state index is 0. The maximum absolute atomic E-state index is 3.60. The quantitative estimate of drug-likeness (QED) is 0.344. The van der Waals surface area contributed by atoms with Crippen molar-refractivity contribution in [1.29, 1.82) is 0 Å². The molecule has 0 aliphatic rings. The van der Waals surface area contributed by atoms with Gasteiger partial charge in [0.15, 0.2) is 0 Å². The summed E-state index contributed by atoms with van der Waals surface area (Å²) in [5.41, 5.74) is 0. The Labute approximate surface area is 57.5 Å². The molecule has 6 heavy (non-hydrogen) atoms. The second-order valence-corrected chi connectivity index (χ2v) is 0.854. The molecule has 0 amide bonds. The van der Waals surface area contributed by atoms with Gasteiger partial charge in [0.05, 0.1) is 0 Å². The Kier molecular flexibility index (Phi) is 45.3. The van der Waals surface area contributed by atoms with E-state index in [0.29, 0.717) is 0 Å². The second kappa shape index (κ2) is 17.1. The zero-order valence-electron chi connectivity index (χ0n) is 4.83. The van der Waals surface area contributed by atoms with Gasteiger partial charge >= 0.3 is 23.1 Å². The molecule has 0 rings (SSSR count). The van der Waals surface area contributed by atoms with Crippen LogP contribution >= 0.6 is 0 Å². The van der Waals surface area contributed by atoms with Crippen LogP contribution in [0.15, 0.2) is 0 Å². The SMILES string of the molecule is [CH2-]CCC.[CH3-].[Mg+2]. The summed E-state index contributed by atoms with van der Waals surface area (Å²) in [4.78, 5) is 0. The molecule has 0 fully saturated rings. The fourth-order valence-corrected chi connectivity index (χ4v) is 0. The summed E-state index contributed by atoms with van der Waals surface area (Å²) in [5.74, 6) is 0. The topological polar surface area (TPSA) is 0 Å². The summed E-state index contributed by atoms with van der Waals surface area (Å²) in [6, 6.07) is 0. The minimum Gasteiger partial charge on any atom is -0.358 e. The van der Waals surface area contributed by atoms with Gasteiger partial charge in [-0.3, -0.25) is 0 Å². The number of unbranched alkanes of at least 4 members (excludes halogenated alkanes) is 1. The molecule has 0 N–H and O–H groups in total. The van der Waals surface area contributed by atoms with E-state index in [1.807, 2.05) is 0 Å². The second-order valence-electron chi connectivity index (χ2n) is 0.854. The molecule has 34 valence electrons. The van der Waals surface area contributed by atoms with Crippen LogP contribution in [0.4, 0.5) is 0 Å². The first-order valence-corrected chi connectivity index (χ1v) is 1.71. The van der Waals surface area contributed by atoms with Crippen molar-refractivity contribution in [2.45, 2.75) is 19.8 Å². The van der Waals surface area contributed by atoms with E-state index in [1.54, 1.807) is 0 Å². The molecule has 0 heterocycles. The van der Waals surface area contributed by atoms with Crippen LogP contribution in [-0.2, 0) is 0 Å². The molecule has 0 aliphatic carbocycles. The summed E-state index contributed by atoms with van der Waals surface area (Å²) in [6.45, 7) is 5.72. The molecule has 0 saturated heterocycles. The molecular formula is C5H12Mg. The molecule has 1 heteroatoms. The van der Waals surface area contributed by atoms with E-state index in [-0.39, 0.29) is 30.5 Å². The van der Waals surface area contributed by atoms with Crippen LogP contribution in [0, 0.1) is 14.4 Å². The van der Waals surface area contributed by atoms with Crippen molar-refractivity contribution in [2.75, 3.05) is 0 Å². The van der Waals surface area contributed by atoms with Gasteiger partial charge in [0.25, 0.3) is 0 Å². The van der Waals surface area contributed by atoms with E-state index < -0.39 is 0 Å². The molecule has 0 spiro atoms. The van der Waals surface area contributed by atoms with Crippen LogP contribution in [0.5, 0.6) is 0 Å². The zero-order chi connectivity index (χ0) is 3.41. The Morgan fingerprint density at radius 1 is 1.50 bits per heavy atom. The van der Waals surface area contributed by atoms with Crippen molar-refractivity contribution >= 4 is 23.1 Å². The van der Waals surface area contributed by atoms with Gasteiger partial charge in [-0.25, -0.2) is 0 Å². The number of hydrogen-bond acceptors (Lipinski definition) is 0. The van der Waals surface area contributed by atoms with E-state index in [1.165, 1.54) is 6.42 Å². The molecule has 0 aromatic rings. The van der Waals surface area contributed by atoms with Gasteiger partial charge in [-0.05, 0) is 0 Å². The summed E-state index contributed by atoms with van der Waals surface area (Å²) in [5, 5.41) is 0. The summed E-state index contributed by atoms with van der Waals surface area (Å²) < 4.78 is 0. The predicted octanol–water partition coefficient (Wildman–Crippen LogP) is 1.69. The van der Waals surface area contributed by atoms with Crippen molar-refractivity contribution in [3.8, 4) is 0 Å². The van der Waals surface area contributed by atoms with Crippen molar-refractivity contribution < 1.29 is 0 Å². The summed E-state index contributed by atoms with van der Waals surface area (Å²) in [6.07, 6.45) is 2.28. The van der Waals surface area contributed by atoms with Gasteiger partial charge in [-0.1, -0.05) is 13.3 Å². The van der Waals surface area contributed by atoms with Crippen LogP contribution in [0.2, 0.25) is 0 Å². The van der Waals surface area contributed by atoms with E-state index in [2.05, 4.69) is 13.8 Å². The number of hydrogen-bond donors (Lipinski definition) is 0. The van der Waals surface area contributed by atoms with Gasteiger partial charge in [0, 0.05) is 0 Å². The fourth-order valence-electron chi connectivity index (χ4n) is 0. The molecule has 0 nitrogen and oxygen atoms in total. The van der Waals surface area contributed by atoms with E-state index in [9.17, 15) is 0 Å². The van der Waals surface area contributed by atoms with Gasteiger partial charge in [-0.2, -0.15) is 6.42 Å². The molecule has 0 unspecified atom stereocenters. The standard InChI is InChI=1S/C4H9.CH3.Mg/c1-3-4-2;;/h1,3-4H2,2H3;1H3;/q2*-1;+2. The van der Waals surface area contributed by atoms with Crippen molar-refractivity contribution in [3.05, 3.63) is 14.4 Å². The Hall–Kier alpha value is 0.766. The third-order valence-corrected chi connectivity index (χ3v) is 0.354. The van der Waals surface area contributed by atoms with Crippen molar-refractivity contribution in [2.24, 2.45) is 0 Å². The first-order chi connectivity index (χ1) is 1.91. The predicted molar refractivity (Wildman–Crippen MR) is 32.4 cm³/mol. The van der Waals surface area contributed by atoms with Gasteiger partial charge in [0.2, 0.25) is 0 Å². The molecule has 0 aromatic carbocycles. The molecule has 0 aromatic heterocycles. The molecule has 0 saturated carbocycles. The zero-order valence-corrected chi connectivity index (χ0v) is 6.24. The first-order valence-electron chi connectivity index (χ1n) is 1.71. The molecular weight excluding hydrogens is 84.4 g/mol. The third-order valence-electron chi connectivity index (χ3n) is 0.354. The van der Waals surface area contributed by atoms with Crippen LogP contribution in [0.3, 0.4) is 0 Å². The van der Waals surface area contributed by atoms with E-state index >= 15 is 0 Å². The van der Waals surface area contributed by atoms with Gasteiger partial charge in [0.1, 0.15) is 0 Å². The molecule has 0 bridgehead atoms. The van der Waals surface area contributed by atoms with E-state index in [4.69, 9.17) is 0 Å². The van der Waals surface area contributed by atoms with Crippen molar-refractivity contribution in [3.63, 3.8) is 0 Å². The average molecular weight is 96.5 g/mol. The van der Waals surface area contributed by atoms with Crippen molar-refractivity contribution in [1.82, 2.24) is 0 Å². The largest absolute Gasteiger partial charge is 2.00 e. The molecule has 0 aliphatic heterocycles. The minimum absolute atomic E-state index is 0. The summed E-state index contributed by atoms with van der Waals surface area (Å²) >= 11 is 0. The first kappa shape index (κ1) is 15.9. The third kappa shape index (κ3) is 21.7. The van der Waals surface area contributed by atoms with E-state index in [0.717, 1.165) is 6.42 Å². The monoisotopic (exact) mass is 96.1 g/mol. The Balaban J connectivity index is -0.0000000450. The Morgan fingerprint density at radius 3 is 1.67 bits per heavy atom. The van der Waals surface area contributed by atoms with Gasteiger partial charge in [-0.15, -0.1) is 0 Å². The number of rotatable bonds is 1. The average Bonchev–Trinajstić information content (AvgIpc) is 1.37. The maximum atomic E-state index is 3.60. The summed E-state index contributed by atoms with van der Waals surface area (Å²) in [7, 11) is 0. The maximum Gasteiger partial charge on any atom is 2.00 e. The smallest absolute Gasteiger partial charge is 0.358 e. The van der Waals surface area contributed by atoms with Crippen LogP contribution in [0.25, 0.3) is 0 Å². The molecule has 0 radical (unpaired) electrons. The molecule has 0 atom stereocenters. The fraction of sp³-hybridized carbons (Fsp3) is 0.600. The Morgan fingerprint density at radius 2 is 1.67 bits per heavy atom.